The molecule has 32 heavy (non-hydrogen) atoms. The van der Waals surface area contributed by atoms with Crippen LogP contribution in [-0.4, -0.2) is 49.7 Å². The zero-order chi connectivity index (χ0) is 23.5. The lowest BCUT2D eigenvalue weighted by Crippen LogP contribution is -2.70. The summed E-state index contributed by atoms with van der Waals surface area (Å²) in [7, 11) is -3.97. The molecule has 0 aromatic heterocycles. The van der Waals surface area contributed by atoms with Gasteiger partial charge in [0.1, 0.15) is 5.54 Å². The first kappa shape index (κ1) is 24.2. The van der Waals surface area contributed by atoms with E-state index in [4.69, 9.17) is 11.6 Å². The molecular weight excluding hydrogens is 450 g/mol. The average Bonchev–Trinajstić information content (AvgIpc) is 2.73. The number of anilines is 1. The second kappa shape index (κ2) is 9.60. The smallest absolute Gasteiger partial charge is 0.247 e. The summed E-state index contributed by atoms with van der Waals surface area (Å²) in [6.07, 6.45) is 0.763. The number of carbonyl (C=O) groups excluding carboxylic acids is 2. The molecule has 172 valence electrons. The van der Waals surface area contributed by atoms with Gasteiger partial charge in [0.2, 0.25) is 21.8 Å². The van der Waals surface area contributed by atoms with E-state index in [1.807, 2.05) is 13.8 Å². The van der Waals surface area contributed by atoms with E-state index >= 15 is 0 Å². The van der Waals surface area contributed by atoms with Gasteiger partial charge in [-0.1, -0.05) is 49.7 Å². The van der Waals surface area contributed by atoms with E-state index in [2.05, 4.69) is 5.32 Å². The van der Waals surface area contributed by atoms with E-state index in [9.17, 15) is 18.0 Å². The van der Waals surface area contributed by atoms with Gasteiger partial charge in [0.05, 0.1) is 11.4 Å². The van der Waals surface area contributed by atoms with Gasteiger partial charge in [0.15, 0.2) is 0 Å². The zero-order valence-electron chi connectivity index (χ0n) is 18.4. The molecule has 1 saturated heterocycles. The van der Waals surface area contributed by atoms with Crippen LogP contribution < -0.4 is 10.2 Å². The minimum absolute atomic E-state index is 0.0755. The van der Waals surface area contributed by atoms with E-state index in [1.54, 1.807) is 49.4 Å². The number of hydrogen-bond acceptors (Lipinski definition) is 4. The van der Waals surface area contributed by atoms with Crippen molar-refractivity contribution in [2.75, 3.05) is 24.5 Å². The highest BCUT2D eigenvalue weighted by molar-refractivity contribution is 7.89. The summed E-state index contributed by atoms with van der Waals surface area (Å²) in [6.45, 7) is 5.54. The Kier molecular flexibility index (Phi) is 7.27. The number of piperazine rings is 1. The van der Waals surface area contributed by atoms with Crippen molar-refractivity contribution < 1.29 is 18.0 Å². The Morgan fingerprint density at radius 2 is 1.84 bits per heavy atom. The van der Waals surface area contributed by atoms with E-state index < -0.39 is 27.4 Å². The molecule has 1 atom stereocenters. The minimum atomic E-state index is -3.97. The van der Waals surface area contributed by atoms with Crippen LogP contribution in [0.1, 0.15) is 27.2 Å². The van der Waals surface area contributed by atoms with Crippen molar-refractivity contribution in [3.8, 4) is 0 Å². The lowest BCUT2D eigenvalue weighted by molar-refractivity contribution is -0.132. The van der Waals surface area contributed by atoms with Gasteiger partial charge in [0.25, 0.3) is 0 Å². The predicted octanol–water partition coefficient (Wildman–Crippen LogP) is 3.30. The topological polar surface area (TPSA) is 86.8 Å². The van der Waals surface area contributed by atoms with Crippen molar-refractivity contribution >= 4 is 39.1 Å². The maximum Gasteiger partial charge on any atom is 0.247 e. The van der Waals surface area contributed by atoms with Crippen LogP contribution in [0.2, 0.25) is 5.02 Å². The van der Waals surface area contributed by atoms with Crippen molar-refractivity contribution in [1.29, 1.82) is 0 Å². The van der Waals surface area contributed by atoms with Crippen LogP contribution in [0.3, 0.4) is 0 Å². The summed E-state index contributed by atoms with van der Waals surface area (Å²) in [6, 6.07) is 14.6. The number of rotatable bonds is 7. The first-order valence-corrected chi connectivity index (χ1v) is 12.3. The first-order valence-electron chi connectivity index (χ1n) is 10.5. The third kappa shape index (κ3) is 4.98. The summed E-state index contributed by atoms with van der Waals surface area (Å²) in [5.41, 5.74) is -1.01. The molecule has 3 rings (SSSR count). The molecule has 1 fully saturated rings. The van der Waals surface area contributed by atoms with Gasteiger partial charge in [-0.05, 0) is 49.6 Å². The van der Waals surface area contributed by atoms with Crippen LogP contribution in [0.15, 0.2) is 59.5 Å². The van der Waals surface area contributed by atoms with Crippen molar-refractivity contribution in [2.45, 2.75) is 37.6 Å². The van der Waals surface area contributed by atoms with Crippen LogP contribution in [0.25, 0.3) is 0 Å². The number of sulfonamides is 1. The number of nitrogens with one attached hydrogen (secondary N) is 1. The van der Waals surface area contributed by atoms with Gasteiger partial charge in [-0.2, -0.15) is 4.31 Å². The van der Waals surface area contributed by atoms with Gasteiger partial charge in [0, 0.05) is 23.8 Å². The molecule has 0 aliphatic carbocycles. The lowest BCUT2D eigenvalue weighted by Gasteiger charge is -2.46. The molecule has 1 N–H and O–H groups in total. The van der Waals surface area contributed by atoms with Crippen LogP contribution in [0.4, 0.5) is 5.69 Å². The maximum absolute atomic E-state index is 13.4. The van der Waals surface area contributed by atoms with Crippen LogP contribution in [0.5, 0.6) is 0 Å². The standard InChI is InChI=1S/C23H28ClN3O4S/c1-17(2)12-13-25-22(29)23(3)16-26(32(30,31)20-10-5-4-6-11-20)15-21(28)27(23)19-9-7-8-18(24)14-19/h4-11,14,17H,12-13,15-16H2,1-3H3,(H,25,29)/t23-/m0/s1. The summed E-state index contributed by atoms with van der Waals surface area (Å²) < 4.78 is 27.6. The number of hydrogen-bond donors (Lipinski definition) is 1. The van der Waals surface area contributed by atoms with E-state index in [1.165, 1.54) is 17.0 Å². The molecule has 1 aliphatic rings. The molecule has 0 bridgehead atoms. The molecule has 2 aromatic rings. The molecule has 0 spiro atoms. The molecule has 1 heterocycles. The summed E-state index contributed by atoms with van der Waals surface area (Å²) in [5.74, 6) is -0.533. The number of amides is 2. The van der Waals surface area contributed by atoms with Gasteiger partial charge < -0.3 is 5.32 Å². The fourth-order valence-electron chi connectivity index (χ4n) is 3.76. The molecule has 0 unspecified atom stereocenters. The van der Waals surface area contributed by atoms with Crippen LogP contribution >= 0.6 is 11.6 Å². The molecule has 2 aromatic carbocycles. The normalized spacial score (nSPS) is 19.9. The largest absolute Gasteiger partial charge is 0.354 e. The Balaban J connectivity index is 2.01. The highest BCUT2D eigenvalue weighted by atomic mass is 35.5. The van der Waals surface area contributed by atoms with Crippen molar-refractivity contribution in [1.82, 2.24) is 9.62 Å². The summed E-state index contributed by atoms with van der Waals surface area (Å²) in [4.78, 5) is 28.1. The van der Waals surface area contributed by atoms with E-state index in [0.717, 1.165) is 10.7 Å². The quantitative estimate of drug-likeness (QED) is 0.662. The Morgan fingerprint density at radius 3 is 2.47 bits per heavy atom. The number of halogens is 1. The molecule has 2 amide bonds. The van der Waals surface area contributed by atoms with Crippen molar-refractivity contribution in [3.05, 3.63) is 59.6 Å². The lowest BCUT2D eigenvalue weighted by atomic mass is 9.94. The van der Waals surface area contributed by atoms with Crippen LogP contribution in [0, 0.1) is 5.92 Å². The highest BCUT2D eigenvalue weighted by Crippen LogP contribution is 2.33. The summed E-state index contributed by atoms with van der Waals surface area (Å²) >= 11 is 6.14. The number of benzene rings is 2. The predicted molar refractivity (Wildman–Crippen MR) is 125 cm³/mol. The van der Waals surface area contributed by atoms with Gasteiger partial charge in [-0.25, -0.2) is 8.42 Å². The van der Waals surface area contributed by atoms with Gasteiger partial charge >= 0.3 is 0 Å². The Hall–Kier alpha value is -2.42. The minimum Gasteiger partial charge on any atom is -0.354 e. The second-order valence-electron chi connectivity index (χ2n) is 8.51. The average molecular weight is 478 g/mol. The first-order chi connectivity index (χ1) is 15.1. The SMILES string of the molecule is CC(C)CCNC(=O)[C@]1(C)CN(S(=O)(=O)c2ccccc2)CC(=O)N1c1cccc(Cl)c1. The Labute approximate surface area is 194 Å². The molecular formula is C23H28ClN3O4S. The fraction of sp³-hybridized carbons (Fsp3) is 0.391. The fourth-order valence-corrected chi connectivity index (χ4v) is 5.45. The monoisotopic (exact) mass is 477 g/mol. The van der Waals surface area contributed by atoms with Crippen molar-refractivity contribution in [3.63, 3.8) is 0 Å². The third-order valence-corrected chi connectivity index (χ3v) is 7.52. The zero-order valence-corrected chi connectivity index (χ0v) is 20.0. The van der Waals surface area contributed by atoms with Crippen molar-refractivity contribution in [2.24, 2.45) is 5.92 Å². The molecule has 7 nitrogen and oxygen atoms in total. The van der Waals surface area contributed by atoms with Gasteiger partial charge in [-0.15, -0.1) is 0 Å². The second-order valence-corrected chi connectivity index (χ2v) is 10.9. The summed E-state index contributed by atoms with van der Waals surface area (Å²) in [5, 5.41) is 3.30. The third-order valence-electron chi connectivity index (χ3n) is 5.48. The maximum atomic E-state index is 13.4. The molecule has 9 heteroatoms. The number of carbonyl (C=O) groups is 2. The van der Waals surface area contributed by atoms with E-state index in [0.29, 0.717) is 23.2 Å². The highest BCUT2D eigenvalue weighted by Gasteiger charge is 2.51. The molecule has 0 radical (unpaired) electrons. The van der Waals surface area contributed by atoms with Crippen LogP contribution in [-0.2, 0) is 19.6 Å². The Bertz CT molecular complexity index is 1090. The van der Waals surface area contributed by atoms with E-state index in [-0.39, 0.29) is 18.0 Å². The number of nitrogens with zero attached hydrogens (tertiary/aromatic N) is 2. The Morgan fingerprint density at radius 1 is 1.16 bits per heavy atom. The molecule has 0 saturated carbocycles. The molecule has 1 aliphatic heterocycles. The van der Waals surface area contributed by atoms with Gasteiger partial charge in [-0.3, -0.25) is 14.5 Å².